The number of rotatable bonds is 3. The molecule has 2 fully saturated rings. The fourth-order valence-electron chi connectivity index (χ4n) is 2.57. The van der Waals surface area contributed by atoms with Gasteiger partial charge in [-0.2, -0.15) is 0 Å². The number of nitrogens with one attached hydrogen (secondary N) is 1. The zero-order valence-electron chi connectivity index (χ0n) is 11.7. The van der Waals surface area contributed by atoms with E-state index in [1.807, 2.05) is 17.9 Å². The molecule has 2 saturated heterocycles. The Morgan fingerprint density at radius 1 is 1.40 bits per heavy atom. The molecule has 0 saturated carbocycles. The third kappa shape index (κ3) is 3.31. The van der Waals surface area contributed by atoms with E-state index in [-0.39, 0.29) is 18.3 Å². The first-order valence-electron chi connectivity index (χ1n) is 6.86. The van der Waals surface area contributed by atoms with Gasteiger partial charge in [0, 0.05) is 51.9 Å². The Labute approximate surface area is 124 Å². The summed E-state index contributed by atoms with van der Waals surface area (Å²) in [6.07, 6.45) is 0. The van der Waals surface area contributed by atoms with Crippen LogP contribution in [0.25, 0.3) is 0 Å². The molecule has 0 atom stereocenters. The zero-order valence-corrected chi connectivity index (χ0v) is 12.5. The molecule has 0 bridgehead atoms. The molecular formula is C13H21ClN4O2. The molecule has 0 spiro atoms. The normalized spacial score (nSPS) is 20.4. The minimum absolute atomic E-state index is 0. The van der Waals surface area contributed by atoms with Crippen LogP contribution in [0, 0.1) is 12.8 Å². The van der Waals surface area contributed by atoms with Gasteiger partial charge in [0.25, 0.3) is 0 Å². The standard InChI is InChI=1S/C13H20N4O2.ClH/c1-10-6-12(15-19-10)9-16-2-4-17(5-3-16)13(18)11-7-14-8-11;/h6,11,14H,2-5,7-9H2,1H3;1H. The third-order valence-corrected chi connectivity index (χ3v) is 3.88. The average molecular weight is 301 g/mol. The smallest absolute Gasteiger partial charge is 0.228 e. The van der Waals surface area contributed by atoms with Crippen molar-refractivity contribution in [1.29, 1.82) is 0 Å². The predicted octanol–water partition coefficient (Wildman–Crippen LogP) is 0.268. The lowest BCUT2D eigenvalue weighted by molar-refractivity contribution is -0.138. The van der Waals surface area contributed by atoms with E-state index in [0.717, 1.165) is 57.3 Å². The van der Waals surface area contributed by atoms with E-state index in [2.05, 4.69) is 15.4 Å². The fraction of sp³-hybridized carbons (Fsp3) is 0.692. The first-order chi connectivity index (χ1) is 9.22. The third-order valence-electron chi connectivity index (χ3n) is 3.88. The van der Waals surface area contributed by atoms with E-state index < -0.39 is 0 Å². The summed E-state index contributed by atoms with van der Waals surface area (Å²) >= 11 is 0. The van der Waals surface area contributed by atoms with Gasteiger partial charge in [-0.1, -0.05) is 5.16 Å². The molecule has 1 N–H and O–H groups in total. The van der Waals surface area contributed by atoms with Gasteiger partial charge in [0.05, 0.1) is 11.6 Å². The number of amides is 1. The summed E-state index contributed by atoms with van der Waals surface area (Å²) in [7, 11) is 0. The fourth-order valence-corrected chi connectivity index (χ4v) is 2.57. The van der Waals surface area contributed by atoms with Crippen molar-refractivity contribution < 1.29 is 9.32 Å². The van der Waals surface area contributed by atoms with E-state index in [0.29, 0.717) is 5.91 Å². The summed E-state index contributed by atoms with van der Waals surface area (Å²) in [5.74, 6) is 1.38. The van der Waals surface area contributed by atoms with Gasteiger partial charge >= 0.3 is 0 Å². The van der Waals surface area contributed by atoms with E-state index in [4.69, 9.17) is 4.52 Å². The van der Waals surface area contributed by atoms with E-state index in [9.17, 15) is 4.79 Å². The largest absolute Gasteiger partial charge is 0.361 e. The van der Waals surface area contributed by atoms with Gasteiger partial charge in [-0.25, -0.2) is 0 Å². The van der Waals surface area contributed by atoms with Crippen LogP contribution < -0.4 is 5.32 Å². The summed E-state index contributed by atoms with van der Waals surface area (Å²) in [6.45, 7) is 7.88. The number of hydrogen-bond donors (Lipinski definition) is 1. The maximum absolute atomic E-state index is 12.1. The van der Waals surface area contributed by atoms with Gasteiger partial charge in [0.2, 0.25) is 5.91 Å². The molecule has 20 heavy (non-hydrogen) atoms. The summed E-state index contributed by atoms with van der Waals surface area (Å²) < 4.78 is 5.07. The maximum Gasteiger partial charge on any atom is 0.228 e. The van der Waals surface area contributed by atoms with Crippen LogP contribution in [0.1, 0.15) is 11.5 Å². The number of halogens is 1. The Bertz CT molecular complexity index is 453. The number of carbonyl (C=O) groups is 1. The Hall–Kier alpha value is -1.11. The Kier molecular flexibility index (Phi) is 5.01. The number of aryl methyl sites for hydroxylation is 1. The van der Waals surface area contributed by atoms with Crippen molar-refractivity contribution >= 4 is 18.3 Å². The molecule has 3 heterocycles. The minimum Gasteiger partial charge on any atom is -0.361 e. The second-order valence-electron chi connectivity index (χ2n) is 5.39. The van der Waals surface area contributed by atoms with Gasteiger partial charge in [-0.05, 0) is 6.92 Å². The summed E-state index contributed by atoms with van der Waals surface area (Å²) in [5.41, 5.74) is 0.973. The number of carbonyl (C=O) groups excluding carboxylic acids is 1. The second-order valence-corrected chi connectivity index (χ2v) is 5.39. The van der Waals surface area contributed by atoms with E-state index in [1.165, 1.54) is 0 Å². The lowest BCUT2D eigenvalue weighted by Crippen LogP contribution is -2.56. The van der Waals surface area contributed by atoms with Crippen molar-refractivity contribution in [2.24, 2.45) is 5.92 Å². The first-order valence-corrected chi connectivity index (χ1v) is 6.86. The molecule has 6 nitrogen and oxygen atoms in total. The lowest BCUT2D eigenvalue weighted by Gasteiger charge is -2.38. The summed E-state index contributed by atoms with van der Waals surface area (Å²) in [5, 5.41) is 7.16. The SMILES string of the molecule is Cc1cc(CN2CCN(C(=O)C3CNC3)CC2)no1.Cl. The Morgan fingerprint density at radius 3 is 2.60 bits per heavy atom. The molecule has 1 aromatic heterocycles. The molecule has 0 aromatic carbocycles. The number of aromatic nitrogens is 1. The van der Waals surface area contributed by atoms with Gasteiger partial charge in [-0.15, -0.1) is 12.4 Å². The topological polar surface area (TPSA) is 61.6 Å². The highest BCUT2D eigenvalue weighted by atomic mass is 35.5. The Morgan fingerprint density at radius 2 is 2.10 bits per heavy atom. The first kappa shape index (κ1) is 15.3. The highest BCUT2D eigenvalue weighted by molar-refractivity contribution is 5.85. The van der Waals surface area contributed by atoms with Crippen molar-refractivity contribution in [3.8, 4) is 0 Å². The second kappa shape index (κ2) is 6.56. The minimum atomic E-state index is 0. The maximum atomic E-state index is 12.1. The van der Waals surface area contributed by atoms with E-state index >= 15 is 0 Å². The quantitative estimate of drug-likeness (QED) is 0.868. The highest BCUT2D eigenvalue weighted by Crippen LogP contribution is 2.13. The molecule has 2 aliphatic rings. The van der Waals surface area contributed by atoms with Crippen LogP contribution in [0.3, 0.4) is 0 Å². The average Bonchev–Trinajstić information content (AvgIpc) is 2.73. The summed E-state index contributed by atoms with van der Waals surface area (Å²) in [6, 6.07) is 1.97. The number of piperazine rings is 1. The molecule has 112 valence electrons. The van der Waals surface area contributed by atoms with Crippen LogP contribution in [-0.2, 0) is 11.3 Å². The van der Waals surface area contributed by atoms with Crippen molar-refractivity contribution in [3.05, 3.63) is 17.5 Å². The van der Waals surface area contributed by atoms with Crippen molar-refractivity contribution in [3.63, 3.8) is 0 Å². The predicted molar refractivity (Wildman–Crippen MR) is 76.7 cm³/mol. The molecule has 0 radical (unpaired) electrons. The zero-order chi connectivity index (χ0) is 13.2. The van der Waals surface area contributed by atoms with Crippen LogP contribution in [-0.4, -0.2) is 60.1 Å². The highest BCUT2D eigenvalue weighted by Gasteiger charge is 2.31. The van der Waals surface area contributed by atoms with Gasteiger partial charge in [0.1, 0.15) is 5.76 Å². The van der Waals surface area contributed by atoms with Crippen molar-refractivity contribution in [2.75, 3.05) is 39.3 Å². The lowest BCUT2D eigenvalue weighted by atomic mass is 10.0. The van der Waals surface area contributed by atoms with Gasteiger partial charge < -0.3 is 14.7 Å². The molecule has 0 unspecified atom stereocenters. The van der Waals surface area contributed by atoms with Gasteiger partial charge in [-0.3, -0.25) is 9.69 Å². The van der Waals surface area contributed by atoms with Crippen LogP contribution in [0.2, 0.25) is 0 Å². The van der Waals surface area contributed by atoms with Crippen LogP contribution >= 0.6 is 12.4 Å². The van der Waals surface area contributed by atoms with Crippen LogP contribution in [0.5, 0.6) is 0 Å². The molecule has 1 aromatic rings. The number of nitrogens with zero attached hydrogens (tertiary/aromatic N) is 3. The monoisotopic (exact) mass is 300 g/mol. The van der Waals surface area contributed by atoms with Crippen LogP contribution in [0.15, 0.2) is 10.6 Å². The van der Waals surface area contributed by atoms with Crippen molar-refractivity contribution in [2.45, 2.75) is 13.5 Å². The molecule has 7 heteroatoms. The molecule has 3 rings (SSSR count). The number of hydrogen-bond acceptors (Lipinski definition) is 5. The summed E-state index contributed by atoms with van der Waals surface area (Å²) in [4.78, 5) is 16.4. The molecule has 0 aliphatic carbocycles. The van der Waals surface area contributed by atoms with E-state index in [1.54, 1.807) is 0 Å². The Balaban J connectivity index is 0.00000147. The molecular weight excluding hydrogens is 280 g/mol. The molecule has 2 aliphatic heterocycles. The van der Waals surface area contributed by atoms with Gasteiger partial charge in [0.15, 0.2) is 0 Å². The van der Waals surface area contributed by atoms with Crippen LogP contribution in [0.4, 0.5) is 0 Å². The molecule has 1 amide bonds. The van der Waals surface area contributed by atoms with Crippen molar-refractivity contribution in [1.82, 2.24) is 20.3 Å².